The monoisotopic (exact) mass is 320 g/mol. The summed E-state index contributed by atoms with van der Waals surface area (Å²) < 4.78 is 78.3. The first kappa shape index (κ1) is 14.6. The molecule has 0 aliphatic heterocycles. The van der Waals surface area contributed by atoms with E-state index in [0.29, 0.717) is 0 Å². The number of H-pyrrole nitrogens is 1. The summed E-state index contributed by atoms with van der Waals surface area (Å²) in [6, 6.07) is 0. The summed E-state index contributed by atoms with van der Waals surface area (Å²) in [6.45, 7) is 0. The van der Waals surface area contributed by atoms with Crippen molar-refractivity contribution in [1.82, 2.24) is 20.2 Å². The number of nitrogens with one attached hydrogen (secondary N) is 1. The number of nitrogens with zero attached hydrogens (tertiary/aromatic N) is 3. The van der Waals surface area contributed by atoms with Crippen molar-refractivity contribution in [3.8, 4) is 5.88 Å². The van der Waals surface area contributed by atoms with Gasteiger partial charge in [-0.15, -0.1) is 0 Å². The van der Waals surface area contributed by atoms with Gasteiger partial charge in [0.1, 0.15) is 5.39 Å². The molecule has 1 N–H and O–H groups in total. The molecule has 0 spiro atoms. The lowest BCUT2D eigenvalue weighted by atomic mass is 10.3. The van der Waals surface area contributed by atoms with Crippen LogP contribution in [0.15, 0.2) is 6.20 Å². The second-order valence-electron chi connectivity index (χ2n) is 3.51. The van der Waals surface area contributed by atoms with Crippen molar-refractivity contribution >= 4 is 22.6 Å². The molecular weight excluding hydrogens is 318 g/mol. The number of aromatic nitrogens is 4. The molecule has 0 atom stereocenters. The van der Waals surface area contributed by atoms with E-state index < -0.39 is 29.6 Å². The normalized spacial score (nSPS) is 13.2. The Morgan fingerprint density at radius 2 is 1.70 bits per heavy atom. The van der Waals surface area contributed by atoms with Gasteiger partial charge in [-0.1, -0.05) is 0 Å². The lowest BCUT2D eigenvalue weighted by Crippen LogP contribution is -2.46. The fourth-order valence-electron chi connectivity index (χ4n) is 1.30. The molecule has 12 heteroatoms. The minimum absolute atomic E-state index is 0.150. The number of halogens is 7. The smallest absolute Gasteiger partial charge is 0.434 e. The Balaban J connectivity index is 2.46. The van der Waals surface area contributed by atoms with Crippen molar-refractivity contribution < 1.29 is 31.1 Å². The van der Waals surface area contributed by atoms with E-state index in [1.165, 1.54) is 0 Å². The predicted molar refractivity (Wildman–Crippen MR) is 53.2 cm³/mol. The van der Waals surface area contributed by atoms with Gasteiger partial charge in [-0.25, -0.2) is 0 Å². The minimum Gasteiger partial charge on any atom is -0.454 e. The molecule has 5 nitrogen and oxygen atoms in total. The molecule has 110 valence electrons. The molecule has 20 heavy (non-hydrogen) atoms. The van der Waals surface area contributed by atoms with E-state index in [-0.39, 0.29) is 11.0 Å². The van der Waals surface area contributed by atoms with Gasteiger partial charge in [-0.2, -0.15) is 41.4 Å². The van der Waals surface area contributed by atoms with E-state index >= 15 is 0 Å². The number of hydrogen-bond acceptors (Lipinski definition) is 4. The molecule has 2 heterocycles. The van der Waals surface area contributed by atoms with Crippen molar-refractivity contribution in [3.63, 3.8) is 0 Å². The van der Waals surface area contributed by atoms with Crippen molar-refractivity contribution in [2.75, 3.05) is 0 Å². The maximum absolute atomic E-state index is 12.4. The van der Waals surface area contributed by atoms with Crippen molar-refractivity contribution in [3.05, 3.63) is 11.5 Å². The largest absolute Gasteiger partial charge is 0.454 e. The summed E-state index contributed by atoms with van der Waals surface area (Å²) in [5, 5.41) is 4.79. The lowest BCUT2D eigenvalue weighted by Gasteiger charge is -2.23. The Morgan fingerprint density at radius 3 is 2.25 bits per heavy atom. The second kappa shape index (κ2) is 4.65. The highest BCUT2D eigenvalue weighted by Gasteiger charge is 2.59. The van der Waals surface area contributed by atoms with Crippen LogP contribution in [0.1, 0.15) is 0 Å². The van der Waals surface area contributed by atoms with Crippen LogP contribution in [0.4, 0.5) is 26.3 Å². The Labute approximate surface area is 110 Å². The lowest BCUT2D eigenvalue weighted by molar-refractivity contribution is -0.300. The number of rotatable bonds is 2. The molecule has 0 saturated heterocycles. The Hall–Kier alpha value is -1.78. The minimum atomic E-state index is -5.66. The Bertz CT molecular complexity index is 609. The molecule has 2 aromatic rings. The summed E-state index contributed by atoms with van der Waals surface area (Å²) in [6.07, 6.45) is -14.4. The van der Waals surface area contributed by atoms with Crippen LogP contribution < -0.4 is 4.74 Å². The van der Waals surface area contributed by atoms with Crippen LogP contribution in [0.5, 0.6) is 5.88 Å². The van der Waals surface area contributed by atoms with Crippen LogP contribution in [0, 0.1) is 0 Å². The van der Waals surface area contributed by atoms with Crippen LogP contribution in [0.2, 0.25) is 5.28 Å². The standard InChI is InChI=1S/C8H3ClF6N4O/c9-6-17-3-2(1-16-19-3)4(18-6)20-5(7(10,11)12)8(13,14)15/h1,5H,(H,16,17,18,19). The molecule has 2 rings (SSSR count). The highest BCUT2D eigenvalue weighted by molar-refractivity contribution is 6.28. The first-order chi connectivity index (χ1) is 9.09. The zero-order valence-corrected chi connectivity index (χ0v) is 9.81. The molecule has 0 fully saturated rings. The van der Waals surface area contributed by atoms with Crippen molar-refractivity contribution in [2.45, 2.75) is 18.5 Å². The second-order valence-corrected chi connectivity index (χ2v) is 3.85. The summed E-state index contributed by atoms with van der Waals surface area (Å²) in [7, 11) is 0. The number of ether oxygens (including phenoxy) is 1. The topological polar surface area (TPSA) is 63.7 Å². The molecule has 0 bridgehead atoms. The first-order valence-corrected chi connectivity index (χ1v) is 5.13. The van der Waals surface area contributed by atoms with Crippen molar-refractivity contribution in [2.24, 2.45) is 0 Å². The number of hydrogen-bond donors (Lipinski definition) is 1. The molecule has 0 radical (unpaired) electrons. The van der Waals surface area contributed by atoms with Gasteiger partial charge in [-0.05, 0) is 11.6 Å². The third kappa shape index (κ3) is 2.86. The van der Waals surface area contributed by atoms with E-state index in [1.807, 2.05) is 0 Å². The highest BCUT2D eigenvalue weighted by atomic mass is 35.5. The molecular formula is C8H3ClF6N4O. The van der Waals surface area contributed by atoms with Crippen LogP contribution in [0.25, 0.3) is 11.0 Å². The molecule has 2 aromatic heterocycles. The molecule has 0 aliphatic rings. The average Bonchev–Trinajstić information content (AvgIpc) is 2.69. The molecule has 0 saturated carbocycles. The third-order valence-electron chi connectivity index (χ3n) is 2.07. The third-order valence-corrected chi connectivity index (χ3v) is 2.24. The fraction of sp³-hybridized carbons (Fsp3) is 0.375. The average molecular weight is 321 g/mol. The zero-order chi connectivity index (χ0) is 15.1. The van der Waals surface area contributed by atoms with Crippen LogP contribution in [-0.4, -0.2) is 38.6 Å². The summed E-state index contributed by atoms with van der Waals surface area (Å²) in [4.78, 5) is 6.73. The fourth-order valence-corrected chi connectivity index (χ4v) is 1.46. The quantitative estimate of drug-likeness (QED) is 0.682. The zero-order valence-electron chi connectivity index (χ0n) is 9.05. The Morgan fingerprint density at radius 1 is 1.10 bits per heavy atom. The van der Waals surface area contributed by atoms with Gasteiger partial charge in [0.05, 0.1) is 6.20 Å². The van der Waals surface area contributed by atoms with E-state index in [1.54, 1.807) is 0 Å². The number of aromatic amines is 1. The van der Waals surface area contributed by atoms with Gasteiger partial charge in [0, 0.05) is 0 Å². The van der Waals surface area contributed by atoms with E-state index in [0.717, 1.165) is 6.20 Å². The molecule has 0 amide bonds. The maximum Gasteiger partial charge on any atom is 0.434 e. The van der Waals surface area contributed by atoms with Crippen molar-refractivity contribution in [1.29, 1.82) is 0 Å². The van der Waals surface area contributed by atoms with E-state index in [9.17, 15) is 26.3 Å². The van der Waals surface area contributed by atoms with Gasteiger partial charge in [0.25, 0.3) is 6.10 Å². The predicted octanol–water partition coefficient (Wildman–Crippen LogP) is 2.88. The first-order valence-electron chi connectivity index (χ1n) is 4.75. The summed E-state index contributed by atoms with van der Waals surface area (Å²) >= 11 is 5.38. The summed E-state index contributed by atoms with van der Waals surface area (Å²) in [5.41, 5.74) is -0.150. The number of alkyl halides is 6. The maximum atomic E-state index is 12.4. The molecule has 0 aliphatic carbocycles. The summed E-state index contributed by atoms with van der Waals surface area (Å²) in [5.74, 6) is -0.964. The van der Waals surface area contributed by atoms with E-state index in [4.69, 9.17) is 11.6 Å². The highest BCUT2D eigenvalue weighted by Crippen LogP contribution is 2.37. The Kier molecular flexibility index (Phi) is 3.40. The van der Waals surface area contributed by atoms with Crippen LogP contribution in [0.3, 0.4) is 0 Å². The van der Waals surface area contributed by atoms with Gasteiger partial charge in [0.15, 0.2) is 5.65 Å². The van der Waals surface area contributed by atoms with Gasteiger partial charge in [0.2, 0.25) is 11.2 Å². The van der Waals surface area contributed by atoms with E-state index in [2.05, 4.69) is 24.9 Å². The number of fused-ring (bicyclic) bond motifs is 1. The molecule has 0 unspecified atom stereocenters. The molecule has 0 aromatic carbocycles. The van der Waals surface area contributed by atoms with Crippen LogP contribution in [-0.2, 0) is 0 Å². The SMILES string of the molecule is FC(F)(F)C(Oc1nc(Cl)nc2[nH]ncc12)C(F)(F)F. The van der Waals surface area contributed by atoms with Gasteiger partial charge >= 0.3 is 12.4 Å². The van der Waals surface area contributed by atoms with Crippen LogP contribution >= 0.6 is 11.6 Å². The van der Waals surface area contributed by atoms with Gasteiger partial charge in [-0.3, -0.25) is 5.10 Å². The van der Waals surface area contributed by atoms with Gasteiger partial charge < -0.3 is 4.74 Å².